The highest BCUT2D eigenvalue weighted by molar-refractivity contribution is 5.88. The maximum Gasteiger partial charge on any atom is 0.333 e. The minimum Gasteiger partial charge on any atom is -0.458 e. The van der Waals surface area contributed by atoms with Gasteiger partial charge in [0.25, 0.3) is 0 Å². The van der Waals surface area contributed by atoms with Crippen molar-refractivity contribution in [1.82, 2.24) is 0 Å². The van der Waals surface area contributed by atoms with Crippen molar-refractivity contribution in [3.63, 3.8) is 0 Å². The first-order valence-electron chi connectivity index (χ1n) is 52.1. The topological polar surface area (TPSA) is 742 Å². The van der Waals surface area contributed by atoms with Gasteiger partial charge in [-0.3, -0.25) is 4.79 Å². The Morgan fingerprint density at radius 1 is 0.413 bits per heavy atom. The Morgan fingerprint density at radius 2 is 0.840 bits per heavy atom. The zero-order valence-corrected chi connectivity index (χ0v) is 87.2. The molecule has 4 saturated carbocycles. The van der Waals surface area contributed by atoms with E-state index in [1.165, 1.54) is 53.7 Å². The monoisotopic (exact) mass is 2160 g/mol. The summed E-state index contributed by atoms with van der Waals surface area (Å²) in [6, 6.07) is 0. The van der Waals surface area contributed by atoms with Gasteiger partial charge in [-0.2, -0.15) is 0 Å². The van der Waals surface area contributed by atoms with Crippen LogP contribution >= 0.6 is 0 Å². The number of aliphatic hydroxyl groups excluding tert-OH is 25. The molecule has 48 heteroatoms. The Balaban J connectivity index is 0.711. The molecular formula is C102H162O48. The first kappa shape index (κ1) is 121. The van der Waals surface area contributed by atoms with Gasteiger partial charge in [-0.25, -0.2) is 9.59 Å². The molecule has 9 aliphatic heterocycles. The Bertz CT molecular complexity index is 4640. The van der Waals surface area contributed by atoms with Gasteiger partial charge in [-0.1, -0.05) is 84.4 Å². The van der Waals surface area contributed by atoms with Crippen LogP contribution in [0.25, 0.3) is 0 Å². The van der Waals surface area contributed by atoms with E-state index in [0.717, 1.165) is 5.57 Å². The molecule has 9 heterocycles. The van der Waals surface area contributed by atoms with E-state index in [9.17, 15) is 132 Å². The first-order valence-corrected chi connectivity index (χ1v) is 52.1. The fourth-order valence-corrected chi connectivity index (χ4v) is 25.6. The first-order chi connectivity index (χ1) is 70.2. The Labute approximate surface area is 869 Å². The van der Waals surface area contributed by atoms with Gasteiger partial charge in [0.15, 0.2) is 62.5 Å². The lowest BCUT2D eigenvalue weighted by Gasteiger charge is -2.72. The molecule has 25 N–H and O–H groups in total. The van der Waals surface area contributed by atoms with Gasteiger partial charge >= 0.3 is 17.9 Å². The summed E-state index contributed by atoms with van der Waals surface area (Å²) >= 11 is 0. The molecule has 0 bridgehead atoms. The van der Waals surface area contributed by atoms with Gasteiger partial charge in [0.2, 0.25) is 6.29 Å². The van der Waals surface area contributed by atoms with Crippen LogP contribution in [0.5, 0.6) is 0 Å². The smallest absolute Gasteiger partial charge is 0.333 e. The Kier molecular flexibility index (Phi) is 38.2. The third-order valence-corrected chi connectivity index (χ3v) is 35.6. The number of esters is 3. The van der Waals surface area contributed by atoms with Crippen molar-refractivity contribution in [2.45, 2.75) is 475 Å². The average molecular weight is 2160 g/mol. The molecule has 9 saturated heterocycles. The van der Waals surface area contributed by atoms with E-state index in [1.54, 1.807) is 26.0 Å². The lowest BCUT2D eigenvalue weighted by molar-refractivity contribution is -0.390. The fraction of sp³-hybridized carbons (Fsp3) is 0.873. The summed E-state index contributed by atoms with van der Waals surface area (Å²) in [5.41, 5.74) is -8.00. The van der Waals surface area contributed by atoms with Crippen LogP contribution in [0.2, 0.25) is 0 Å². The molecule has 0 amide bonds. The standard InChI is InChI=1S/C102H162O48/c1-18-97(13,149-90-75(125)65(115)58(108)42(5)133-90)29-21-23-41(4)84(129)143-78-44(7)136-91(76(126)70(78)120)150-98(14,19-2)28-20-22-40(3)83(128)141-57-34-102(94(130)148-93-82(69(119)62(112)50(36-104)139-93)147-89-77(127)80(145-88-74(124)66(116)61(111)49(35-103)137-88)79(45(8)135-89)144-87-72(122)63(113)51(37-105)138-87)47(32-95(57,9)10)46-24-25-54-99(15)30-27-56(96(11,12)53(99)26-31-100(54,16)101(46,17)33-55(102)107)142-86-73(123)67(117)64(114)52(140-86)39-132-92-81(68(118)59(109)43(6)134-92)146-85-71(121)60(110)48(106)38-131-85/h18-19,22-24,42-45,47-82,85-93,103-127H,1-2,20-21,25-39H2,3-17H3/b40-22+,41-23+/t42-,43-,44-,45+,47+,48-,49-,50-,51+,52-,53+,54-,55-,56+,57+,58-,59+,60+,61-,62-,63+,64-,65+,66+,67+,68+,69+,70-,71-,72-,73-,74-,75-,76-,77-,78-,79+,80+,81-,82-,85+,86+,87+,88+,89+,90+,91+,92-,93+,97-,98-,99+,100-,101-,102-/m1/s1. The van der Waals surface area contributed by atoms with E-state index in [1.807, 2.05) is 27.7 Å². The second kappa shape index (κ2) is 47.4. The van der Waals surface area contributed by atoms with Gasteiger partial charge in [0, 0.05) is 23.0 Å². The number of ether oxygens (including phenoxy) is 20. The largest absolute Gasteiger partial charge is 0.458 e. The van der Waals surface area contributed by atoms with Crippen LogP contribution < -0.4 is 0 Å². The highest BCUT2D eigenvalue weighted by atomic mass is 16.8. The number of carbonyl (C=O) groups is 3. The van der Waals surface area contributed by atoms with Gasteiger partial charge in [-0.15, -0.1) is 13.2 Å². The van der Waals surface area contributed by atoms with Crippen LogP contribution in [-0.2, 0) is 109 Å². The normalized spacial score (nSPS) is 49.7. The van der Waals surface area contributed by atoms with E-state index < -0.39 is 389 Å². The highest BCUT2D eigenvalue weighted by Crippen LogP contribution is 2.77. The van der Waals surface area contributed by atoms with Crippen molar-refractivity contribution in [3.8, 4) is 0 Å². The SMILES string of the molecule is C=C[C@](C)(CC/C=C(\C)C(=O)O[C@H]1[C@H](O)[C@@H](O)[C@H](O[C@](C)(C=C)CC/C=C(\C)C(=O)O[C@H]2C[C@]3(C(=O)O[C@@H]4O[C@H](CO)[C@@H](O)[C@H](O)[C@H]4O[C@@H]4O[C@@H](C)[C@H](O[C@@H]5O[C@@H](CO)[C@H](O)[C@H]5O)[C@@H](O[C@@H]5O[C@H](CO)[C@@H](O)[C@H](O)[C@H]5O)[C@H]4O)[C@H](O)C[C@]4(C)C(=CC[C@@H]5[C@@]6(C)CC[C@H](O[C@@H]7O[C@H](CO[C@@H]8O[C@H](C)[C@H](O)[C@H](O)[C@H]8O[C@@H]8OC[C@@H](O)[C@H](O)[C@H]8O)[C@@H](O)[C@H](O)[C@H]7O)C(C)(C)[C@@H]6CC[C@]54C)[C@@H]3CC2(C)C)O[C@@H]1C)O[C@@H]1O[C@H](C)[C@@H](O)[C@H](O)[C@H]1O. The molecule has 55 atom stereocenters. The number of fused-ring (bicyclic) bond motifs is 7. The van der Waals surface area contributed by atoms with Crippen LogP contribution in [0.3, 0.4) is 0 Å². The maximum atomic E-state index is 16.9. The van der Waals surface area contributed by atoms with E-state index in [4.69, 9.17) is 94.7 Å². The molecule has 13 fully saturated rings. The van der Waals surface area contributed by atoms with Crippen LogP contribution in [0.15, 0.2) is 60.3 Å². The second-order valence-electron chi connectivity index (χ2n) is 46.2. The summed E-state index contributed by atoms with van der Waals surface area (Å²) in [5.74, 6) is -4.34. The number of rotatable bonds is 34. The summed E-state index contributed by atoms with van der Waals surface area (Å²) in [5, 5.41) is 280. The Hall–Kier alpha value is -4.57. The molecule has 0 radical (unpaired) electrons. The number of carbonyl (C=O) groups excluding carboxylic acids is 3. The molecule has 0 aromatic carbocycles. The van der Waals surface area contributed by atoms with Crippen LogP contribution in [-0.4, -0.2) is 472 Å². The van der Waals surface area contributed by atoms with Crippen LogP contribution in [0.1, 0.15) is 181 Å². The molecule has 14 rings (SSSR count). The molecule has 5 aliphatic carbocycles. The molecule has 48 nitrogen and oxygen atoms in total. The van der Waals surface area contributed by atoms with Gasteiger partial charge in [0.05, 0.1) is 80.9 Å². The third kappa shape index (κ3) is 23.2. The summed E-state index contributed by atoms with van der Waals surface area (Å²) in [6.45, 7) is 30.2. The van der Waals surface area contributed by atoms with E-state index in [2.05, 4.69) is 40.0 Å². The number of aliphatic hydroxyl groups is 25. The number of allylic oxidation sites excluding steroid dienone is 4. The second-order valence-corrected chi connectivity index (χ2v) is 46.2. The predicted octanol–water partition coefficient (Wildman–Crippen LogP) is -5.16. The molecule has 858 valence electrons. The lowest BCUT2D eigenvalue weighted by Crippen LogP contribution is -2.70. The highest BCUT2D eigenvalue weighted by Gasteiger charge is 2.75. The van der Waals surface area contributed by atoms with Crippen molar-refractivity contribution < 1.29 is 237 Å². The lowest BCUT2D eigenvalue weighted by atomic mass is 9.33. The van der Waals surface area contributed by atoms with E-state index in [-0.39, 0.29) is 61.5 Å². The van der Waals surface area contributed by atoms with Crippen molar-refractivity contribution in [1.29, 1.82) is 0 Å². The summed E-state index contributed by atoms with van der Waals surface area (Å²) < 4.78 is 122. The quantitative estimate of drug-likeness (QED) is 0.00942. The summed E-state index contributed by atoms with van der Waals surface area (Å²) in [7, 11) is 0. The molecule has 0 aromatic rings. The van der Waals surface area contributed by atoms with Crippen molar-refractivity contribution in [2.24, 2.45) is 50.2 Å². The van der Waals surface area contributed by atoms with Crippen molar-refractivity contribution in [2.75, 3.05) is 33.0 Å². The molecular weight excluding hydrogens is 1990 g/mol. The zero-order chi connectivity index (χ0) is 110. The maximum absolute atomic E-state index is 16.9. The van der Waals surface area contributed by atoms with Gasteiger partial charge in [0.1, 0.15) is 182 Å². The van der Waals surface area contributed by atoms with E-state index in [0.29, 0.717) is 32.1 Å². The van der Waals surface area contributed by atoms with Gasteiger partial charge in [-0.05, 0) is 165 Å². The number of hydrogen-bond donors (Lipinski definition) is 25. The van der Waals surface area contributed by atoms with Crippen LogP contribution in [0, 0.1) is 50.2 Å². The molecule has 0 aromatic heterocycles. The minimum atomic E-state index is -2.28. The molecule has 14 aliphatic rings. The zero-order valence-electron chi connectivity index (χ0n) is 87.2. The third-order valence-electron chi connectivity index (χ3n) is 35.6. The molecule has 150 heavy (non-hydrogen) atoms. The summed E-state index contributed by atoms with van der Waals surface area (Å²) in [4.78, 5) is 45.6. The minimum absolute atomic E-state index is 0.0135. The fourth-order valence-electron chi connectivity index (χ4n) is 25.6. The van der Waals surface area contributed by atoms with E-state index >= 15 is 9.59 Å². The summed E-state index contributed by atoms with van der Waals surface area (Å²) in [6.07, 6.45) is -67.3. The molecule has 0 unspecified atom stereocenters. The van der Waals surface area contributed by atoms with Crippen LogP contribution in [0.4, 0.5) is 0 Å². The predicted molar refractivity (Wildman–Crippen MR) is 506 cm³/mol. The Morgan fingerprint density at radius 3 is 1.41 bits per heavy atom. The van der Waals surface area contributed by atoms with Gasteiger partial charge < -0.3 is 222 Å². The van der Waals surface area contributed by atoms with Crippen molar-refractivity contribution >= 4 is 17.9 Å². The number of hydrogen-bond acceptors (Lipinski definition) is 48. The molecule has 0 spiro atoms. The van der Waals surface area contributed by atoms with Crippen molar-refractivity contribution in [3.05, 3.63) is 60.3 Å². The average Bonchev–Trinajstić information content (AvgIpc) is 0.778.